The molecule has 0 radical (unpaired) electrons. The average molecular weight is 369 g/mol. The lowest BCUT2D eigenvalue weighted by atomic mass is 10.1. The molecule has 0 aliphatic rings. The highest BCUT2D eigenvalue weighted by Gasteiger charge is 2.10. The first-order valence-electron chi connectivity index (χ1n) is 8.49. The van der Waals surface area contributed by atoms with Crippen LogP contribution < -0.4 is 16.0 Å². The molecule has 0 fully saturated rings. The summed E-state index contributed by atoms with van der Waals surface area (Å²) in [6, 6.07) is 14.3. The number of rotatable bonds is 5. The molecule has 3 N–H and O–H groups in total. The average Bonchev–Trinajstić information content (AvgIpc) is 2.62. The third kappa shape index (κ3) is 5.67. The van der Waals surface area contributed by atoms with Gasteiger partial charge in [-0.25, -0.2) is 0 Å². The van der Waals surface area contributed by atoms with Crippen LogP contribution in [-0.4, -0.2) is 23.0 Å². The number of nitrogens with one attached hydrogen (secondary N) is 3. The highest BCUT2D eigenvalue weighted by atomic mass is 32.1. The number of hydrogen-bond acceptors (Lipinski definition) is 3. The molecule has 0 aliphatic heterocycles. The third-order valence-electron chi connectivity index (χ3n) is 3.94. The van der Waals surface area contributed by atoms with Crippen LogP contribution >= 0.6 is 12.2 Å². The number of anilines is 1. The van der Waals surface area contributed by atoms with Gasteiger partial charge in [-0.1, -0.05) is 24.6 Å². The number of carbonyl (C=O) groups excluding carboxylic acids is 2. The topological polar surface area (TPSA) is 70.2 Å². The van der Waals surface area contributed by atoms with Crippen molar-refractivity contribution in [1.29, 1.82) is 0 Å². The Balaban J connectivity index is 1.91. The van der Waals surface area contributed by atoms with Gasteiger partial charge in [0.1, 0.15) is 0 Å². The quantitative estimate of drug-likeness (QED) is 0.704. The standard InChI is InChI=1S/C20H23N3O2S/c1-4-14(3)21-18(24)16-9-11-17(12-10-16)22-20(26)23-19(25)15-7-5-13(2)6-8-15/h5-12,14H,4H2,1-3H3,(H,21,24)(H2,22,23,25,26). The SMILES string of the molecule is CCC(C)NC(=O)c1ccc(NC(=S)NC(=O)c2ccc(C)cc2)cc1. The van der Waals surface area contributed by atoms with Crippen LogP contribution in [0, 0.1) is 6.92 Å². The van der Waals surface area contributed by atoms with Gasteiger partial charge in [-0.15, -0.1) is 0 Å². The fourth-order valence-corrected chi connectivity index (χ4v) is 2.37. The maximum Gasteiger partial charge on any atom is 0.257 e. The first-order chi connectivity index (χ1) is 12.4. The molecule has 26 heavy (non-hydrogen) atoms. The zero-order chi connectivity index (χ0) is 19.1. The lowest BCUT2D eigenvalue weighted by Crippen LogP contribution is -2.34. The van der Waals surface area contributed by atoms with Crippen molar-refractivity contribution in [3.63, 3.8) is 0 Å². The number of carbonyl (C=O) groups is 2. The molecule has 2 aromatic carbocycles. The van der Waals surface area contributed by atoms with E-state index in [2.05, 4.69) is 16.0 Å². The fraction of sp³-hybridized carbons (Fsp3) is 0.250. The predicted molar refractivity (Wildman–Crippen MR) is 109 cm³/mol. The van der Waals surface area contributed by atoms with Crippen molar-refractivity contribution in [2.24, 2.45) is 0 Å². The molecule has 0 saturated heterocycles. The zero-order valence-corrected chi connectivity index (χ0v) is 15.9. The first kappa shape index (κ1) is 19.6. The number of hydrogen-bond donors (Lipinski definition) is 3. The molecule has 0 aromatic heterocycles. The minimum absolute atomic E-state index is 0.110. The van der Waals surface area contributed by atoms with Gasteiger partial charge in [0.05, 0.1) is 0 Å². The molecular weight excluding hydrogens is 346 g/mol. The second-order valence-corrected chi connectivity index (χ2v) is 6.54. The van der Waals surface area contributed by atoms with Gasteiger partial charge in [-0.3, -0.25) is 14.9 Å². The summed E-state index contributed by atoms with van der Waals surface area (Å²) in [6.07, 6.45) is 0.875. The molecule has 2 rings (SSSR count). The van der Waals surface area contributed by atoms with Crippen molar-refractivity contribution >= 4 is 34.8 Å². The summed E-state index contributed by atoms with van der Waals surface area (Å²) >= 11 is 5.17. The highest BCUT2D eigenvalue weighted by Crippen LogP contribution is 2.10. The Labute approximate surface area is 159 Å². The monoisotopic (exact) mass is 369 g/mol. The smallest absolute Gasteiger partial charge is 0.257 e. The van der Waals surface area contributed by atoms with Crippen LogP contribution in [0.15, 0.2) is 48.5 Å². The largest absolute Gasteiger partial charge is 0.350 e. The maximum absolute atomic E-state index is 12.1. The summed E-state index contributed by atoms with van der Waals surface area (Å²) in [4.78, 5) is 24.2. The van der Waals surface area contributed by atoms with E-state index in [-0.39, 0.29) is 23.0 Å². The van der Waals surface area contributed by atoms with Crippen LogP contribution in [-0.2, 0) is 0 Å². The number of thiocarbonyl (C=S) groups is 1. The number of benzene rings is 2. The van der Waals surface area contributed by atoms with E-state index < -0.39 is 0 Å². The van der Waals surface area contributed by atoms with Gasteiger partial charge in [-0.05, 0) is 68.9 Å². The molecule has 0 aliphatic carbocycles. The Morgan fingerprint density at radius 1 is 0.962 bits per heavy atom. The number of aryl methyl sites for hydroxylation is 1. The van der Waals surface area contributed by atoms with E-state index in [1.165, 1.54) is 0 Å². The second kappa shape index (κ2) is 9.10. The van der Waals surface area contributed by atoms with Crippen LogP contribution in [0.1, 0.15) is 46.5 Å². The second-order valence-electron chi connectivity index (χ2n) is 6.13. The molecule has 0 bridgehead atoms. The lowest BCUT2D eigenvalue weighted by molar-refractivity contribution is 0.0937. The van der Waals surface area contributed by atoms with Gasteiger partial charge in [0.15, 0.2) is 5.11 Å². The van der Waals surface area contributed by atoms with E-state index in [1.807, 2.05) is 32.9 Å². The molecule has 2 aromatic rings. The Kier molecular flexibility index (Phi) is 6.86. The van der Waals surface area contributed by atoms with E-state index in [1.54, 1.807) is 36.4 Å². The molecule has 2 amide bonds. The lowest BCUT2D eigenvalue weighted by Gasteiger charge is -2.12. The molecule has 0 spiro atoms. The highest BCUT2D eigenvalue weighted by molar-refractivity contribution is 7.80. The van der Waals surface area contributed by atoms with E-state index in [4.69, 9.17) is 12.2 Å². The van der Waals surface area contributed by atoms with Gasteiger partial charge >= 0.3 is 0 Å². The van der Waals surface area contributed by atoms with Gasteiger partial charge in [0.2, 0.25) is 0 Å². The summed E-state index contributed by atoms with van der Waals surface area (Å²) in [6.45, 7) is 5.94. The normalized spacial score (nSPS) is 11.3. The molecule has 0 saturated carbocycles. The van der Waals surface area contributed by atoms with Gasteiger partial charge in [0, 0.05) is 22.9 Å². The summed E-state index contributed by atoms with van der Waals surface area (Å²) in [5.41, 5.74) is 2.89. The number of amides is 2. The Morgan fingerprint density at radius 2 is 1.50 bits per heavy atom. The minimum atomic E-state index is -0.271. The third-order valence-corrected chi connectivity index (χ3v) is 4.14. The molecule has 0 heterocycles. The van der Waals surface area contributed by atoms with Gasteiger partial charge < -0.3 is 10.6 Å². The fourth-order valence-electron chi connectivity index (χ4n) is 2.16. The van der Waals surface area contributed by atoms with E-state index >= 15 is 0 Å². The van der Waals surface area contributed by atoms with E-state index in [9.17, 15) is 9.59 Å². The van der Waals surface area contributed by atoms with Crippen molar-refractivity contribution in [2.45, 2.75) is 33.2 Å². The molecule has 6 heteroatoms. The van der Waals surface area contributed by atoms with Crippen molar-refractivity contribution in [1.82, 2.24) is 10.6 Å². The van der Waals surface area contributed by atoms with Crippen LogP contribution in [0.25, 0.3) is 0 Å². The van der Waals surface area contributed by atoms with Crippen molar-refractivity contribution in [2.75, 3.05) is 5.32 Å². The molecule has 1 unspecified atom stereocenters. The van der Waals surface area contributed by atoms with Crippen LogP contribution in [0.2, 0.25) is 0 Å². The predicted octanol–water partition coefficient (Wildman–Crippen LogP) is 3.65. The summed E-state index contributed by atoms with van der Waals surface area (Å²) in [5, 5.41) is 8.69. The first-order valence-corrected chi connectivity index (χ1v) is 8.89. The molecule has 136 valence electrons. The Morgan fingerprint density at radius 3 is 2.08 bits per heavy atom. The van der Waals surface area contributed by atoms with Crippen molar-refractivity contribution in [3.05, 3.63) is 65.2 Å². The minimum Gasteiger partial charge on any atom is -0.350 e. The molecular formula is C20H23N3O2S. The van der Waals surface area contributed by atoms with Crippen LogP contribution in [0.4, 0.5) is 5.69 Å². The van der Waals surface area contributed by atoms with Gasteiger partial charge in [0.25, 0.3) is 11.8 Å². The van der Waals surface area contributed by atoms with E-state index in [0.717, 1.165) is 12.0 Å². The van der Waals surface area contributed by atoms with Crippen molar-refractivity contribution < 1.29 is 9.59 Å². The Bertz CT molecular complexity index is 786. The van der Waals surface area contributed by atoms with Crippen molar-refractivity contribution in [3.8, 4) is 0 Å². The van der Waals surface area contributed by atoms with Crippen LogP contribution in [0.3, 0.4) is 0 Å². The summed E-state index contributed by atoms with van der Waals surface area (Å²) in [5.74, 6) is -0.381. The maximum atomic E-state index is 12.1. The summed E-state index contributed by atoms with van der Waals surface area (Å²) < 4.78 is 0. The molecule has 1 atom stereocenters. The Hall–Kier alpha value is -2.73. The summed E-state index contributed by atoms with van der Waals surface area (Å²) in [7, 11) is 0. The zero-order valence-electron chi connectivity index (χ0n) is 15.1. The van der Waals surface area contributed by atoms with Gasteiger partial charge in [-0.2, -0.15) is 0 Å². The van der Waals surface area contributed by atoms with Crippen LogP contribution in [0.5, 0.6) is 0 Å². The molecule has 5 nitrogen and oxygen atoms in total. The van der Waals surface area contributed by atoms with E-state index in [0.29, 0.717) is 16.8 Å².